The van der Waals surface area contributed by atoms with E-state index in [2.05, 4.69) is 6.58 Å². The molecular weight excluding hydrogens is 148 g/mol. The number of rotatable bonds is 2. The Kier molecular flexibility index (Phi) is 1.59. The van der Waals surface area contributed by atoms with Crippen LogP contribution in [0.3, 0.4) is 0 Å². The summed E-state index contributed by atoms with van der Waals surface area (Å²) in [5.41, 5.74) is 0. The highest BCUT2D eigenvalue weighted by atomic mass is 15.2. The molecule has 0 bridgehead atoms. The van der Waals surface area contributed by atoms with Crippen LogP contribution in [0.1, 0.15) is 0 Å². The maximum absolute atomic E-state index is 3.97. The molecule has 2 aromatic rings. The molecule has 2 aromatic heterocycles. The van der Waals surface area contributed by atoms with Crippen LogP contribution in [-0.4, -0.2) is 9.13 Å². The molecule has 0 saturated carbocycles. The number of nitrogens with zero attached hydrogens (tertiary/aromatic N) is 2. The van der Waals surface area contributed by atoms with Crippen molar-refractivity contribution < 1.29 is 0 Å². The Hall–Kier alpha value is -1.70. The molecule has 0 N–H and O–H groups in total. The molecular formula is C10H10N2. The minimum absolute atomic E-state index is 0.935. The third kappa shape index (κ3) is 1.07. The molecule has 0 aliphatic carbocycles. The van der Waals surface area contributed by atoms with Gasteiger partial charge in [-0.1, -0.05) is 6.58 Å². The topological polar surface area (TPSA) is 9.86 Å². The lowest BCUT2D eigenvalue weighted by Crippen LogP contribution is -2.05. The van der Waals surface area contributed by atoms with Crippen molar-refractivity contribution in [1.82, 2.24) is 9.13 Å². The lowest BCUT2D eigenvalue weighted by Gasteiger charge is -2.07. The highest BCUT2D eigenvalue weighted by Gasteiger charge is 1.95. The summed E-state index contributed by atoms with van der Waals surface area (Å²) >= 11 is 0. The van der Waals surface area contributed by atoms with E-state index < -0.39 is 0 Å². The molecule has 0 fully saturated rings. The van der Waals surface area contributed by atoms with Gasteiger partial charge in [-0.15, -0.1) is 0 Å². The molecule has 0 aliphatic rings. The van der Waals surface area contributed by atoms with E-state index in [0.29, 0.717) is 0 Å². The van der Waals surface area contributed by atoms with Gasteiger partial charge in [-0.3, -0.25) is 0 Å². The lowest BCUT2D eigenvalue weighted by atomic mass is 10.7. The Labute approximate surface area is 71.4 Å². The molecule has 0 spiro atoms. The first-order valence-corrected chi connectivity index (χ1v) is 3.83. The first-order valence-electron chi connectivity index (χ1n) is 3.83. The second kappa shape index (κ2) is 2.74. The predicted molar refractivity (Wildman–Crippen MR) is 48.5 cm³/mol. The van der Waals surface area contributed by atoms with Gasteiger partial charge in [0.2, 0.25) is 0 Å². The predicted octanol–water partition coefficient (Wildman–Crippen LogP) is 2.08. The van der Waals surface area contributed by atoms with Crippen molar-refractivity contribution >= 4 is 0 Å². The first kappa shape index (κ1) is 6.98. The molecule has 12 heavy (non-hydrogen) atoms. The molecule has 0 unspecified atom stereocenters. The summed E-state index contributed by atoms with van der Waals surface area (Å²) in [6.07, 6.45) is 7.90. The molecule has 0 saturated heterocycles. The fourth-order valence-corrected chi connectivity index (χ4v) is 1.15. The third-order valence-electron chi connectivity index (χ3n) is 1.80. The lowest BCUT2D eigenvalue weighted by molar-refractivity contribution is 0.771. The Morgan fingerprint density at radius 1 is 0.750 bits per heavy atom. The highest BCUT2D eigenvalue weighted by molar-refractivity contribution is 5.04. The van der Waals surface area contributed by atoms with Crippen molar-refractivity contribution in [2.45, 2.75) is 0 Å². The second-order valence-electron chi connectivity index (χ2n) is 2.60. The maximum atomic E-state index is 3.97. The summed E-state index contributed by atoms with van der Waals surface area (Å²) in [5.74, 6) is 0.935. The SMILES string of the molecule is C=C(n1cccc1)n1cccc1. The minimum atomic E-state index is 0.935. The maximum Gasteiger partial charge on any atom is 0.113 e. The van der Waals surface area contributed by atoms with Crippen LogP contribution >= 0.6 is 0 Å². The number of hydrogen-bond donors (Lipinski definition) is 0. The Bertz CT molecular complexity index is 318. The van der Waals surface area contributed by atoms with Crippen molar-refractivity contribution in [2.75, 3.05) is 0 Å². The Morgan fingerprint density at radius 3 is 1.42 bits per heavy atom. The van der Waals surface area contributed by atoms with Gasteiger partial charge < -0.3 is 9.13 Å². The van der Waals surface area contributed by atoms with Gasteiger partial charge in [0.1, 0.15) is 5.82 Å². The van der Waals surface area contributed by atoms with Gasteiger partial charge in [-0.25, -0.2) is 0 Å². The zero-order valence-electron chi connectivity index (χ0n) is 6.72. The average molecular weight is 158 g/mol. The van der Waals surface area contributed by atoms with Gasteiger partial charge in [-0.2, -0.15) is 0 Å². The molecule has 0 amide bonds. The van der Waals surface area contributed by atoms with Crippen LogP contribution in [0.15, 0.2) is 55.6 Å². The van der Waals surface area contributed by atoms with Crippen molar-refractivity contribution in [3.63, 3.8) is 0 Å². The smallest absolute Gasteiger partial charge is 0.113 e. The van der Waals surface area contributed by atoms with Crippen molar-refractivity contribution in [3.8, 4) is 0 Å². The molecule has 2 rings (SSSR count). The molecule has 0 atom stereocenters. The van der Waals surface area contributed by atoms with E-state index >= 15 is 0 Å². The molecule has 2 heterocycles. The second-order valence-corrected chi connectivity index (χ2v) is 2.60. The monoisotopic (exact) mass is 158 g/mol. The van der Waals surface area contributed by atoms with Gasteiger partial charge in [0, 0.05) is 24.8 Å². The van der Waals surface area contributed by atoms with E-state index in [-0.39, 0.29) is 0 Å². The fraction of sp³-hybridized carbons (Fsp3) is 0. The van der Waals surface area contributed by atoms with E-state index in [9.17, 15) is 0 Å². The summed E-state index contributed by atoms with van der Waals surface area (Å²) < 4.78 is 3.94. The summed E-state index contributed by atoms with van der Waals surface area (Å²) in [6, 6.07) is 7.92. The van der Waals surface area contributed by atoms with E-state index in [0.717, 1.165) is 5.82 Å². The van der Waals surface area contributed by atoms with E-state index in [1.54, 1.807) is 0 Å². The van der Waals surface area contributed by atoms with Crippen LogP contribution < -0.4 is 0 Å². The normalized spacial score (nSPS) is 10.0. The zero-order chi connectivity index (χ0) is 8.39. The van der Waals surface area contributed by atoms with E-state index in [4.69, 9.17) is 0 Å². The van der Waals surface area contributed by atoms with Crippen molar-refractivity contribution in [1.29, 1.82) is 0 Å². The van der Waals surface area contributed by atoms with E-state index in [1.165, 1.54) is 0 Å². The van der Waals surface area contributed by atoms with Gasteiger partial charge in [0.25, 0.3) is 0 Å². The van der Waals surface area contributed by atoms with Gasteiger partial charge in [0.05, 0.1) is 0 Å². The average Bonchev–Trinajstić information content (AvgIpc) is 2.77. The molecule has 0 aromatic carbocycles. The quantitative estimate of drug-likeness (QED) is 0.633. The van der Waals surface area contributed by atoms with Crippen LogP contribution in [-0.2, 0) is 0 Å². The van der Waals surface area contributed by atoms with Crippen LogP contribution in [0.2, 0.25) is 0 Å². The van der Waals surface area contributed by atoms with E-state index in [1.807, 2.05) is 58.2 Å². The van der Waals surface area contributed by atoms with Crippen LogP contribution in [0.4, 0.5) is 0 Å². The standard InChI is InChI=1S/C10H10N2/c1-10(11-6-2-3-7-11)12-8-4-5-9-12/h2-9H,1H2. The molecule has 60 valence electrons. The summed E-state index contributed by atoms with van der Waals surface area (Å²) in [5, 5.41) is 0. The fourth-order valence-electron chi connectivity index (χ4n) is 1.15. The highest BCUT2D eigenvalue weighted by Crippen LogP contribution is 2.01. The Morgan fingerprint density at radius 2 is 1.08 bits per heavy atom. The number of aromatic nitrogens is 2. The van der Waals surface area contributed by atoms with Crippen LogP contribution in [0.25, 0.3) is 0 Å². The van der Waals surface area contributed by atoms with Crippen LogP contribution in [0, 0.1) is 5.82 Å². The third-order valence-corrected chi connectivity index (χ3v) is 1.80. The molecule has 0 aliphatic heterocycles. The largest absolute Gasteiger partial charge is 0.310 e. The number of hydrogen-bond acceptors (Lipinski definition) is 0. The molecule has 2 nitrogen and oxygen atoms in total. The first-order chi connectivity index (χ1) is 5.88. The summed E-state index contributed by atoms with van der Waals surface area (Å²) in [4.78, 5) is 0. The molecule has 2 heteroatoms. The molecule has 0 radical (unpaired) electrons. The van der Waals surface area contributed by atoms with Crippen molar-refractivity contribution in [3.05, 3.63) is 61.5 Å². The zero-order valence-corrected chi connectivity index (χ0v) is 6.72. The van der Waals surface area contributed by atoms with Crippen LogP contribution in [0.5, 0.6) is 0 Å². The van der Waals surface area contributed by atoms with Gasteiger partial charge in [0.15, 0.2) is 0 Å². The van der Waals surface area contributed by atoms with Gasteiger partial charge in [-0.05, 0) is 24.3 Å². The Balaban J connectivity index is 2.34. The summed E-state index contributed by atoms with van der Waals surface area (Å²) in [6.45, 7) is 3.97. The minimum Gasteiger partial charge on any atom is -0.310 e. The van der Waals surface area contributed by atoms with Gasteiger partial charge >= 0.3 is 0 Å². The van der Waals surface area contributed by atoms with Crippen molar-refractivity contribution in [2.24, 2.45) is 0 Å². The summed E-state index contributed by atoms with van der Waals surface area (Å²) in [7, 11) is 0.